The SMILES string of the molecule is OC(COc1ccc(F)cc1)CN1CCC(Cn2cccn2)CC1. The molecular formula is C18H24FN3O2. The summed E-state index contributed by atoms with van der Waals surface area (Å²) in [6, 6.07) is 7.80. The Balaban J connectivity index is 1.35. The molecule has 0 saturated carbocycles. The first-order chi connectivity index (χ1) is 11.7. The van der Waals surface area contributed by atoms with E-state index >= 15 is 0 Å². The minimum Gasteiger partial charge on any atom is -0.491 e. The van der Waals surface area contributed by atoms with Crippen molar-refractivity contribution < 1.29 is 14.2 Å². The fraction of sp³-hybridized carbons (Fsp3) is 0.500. The number of aromatic nitrogens is 2. The molecule has 1 unspecified atom stereocenters. The Morgan fingerprint density at radius 3 is 2.67 bits per heavy atom. The van der Waals surface area contributed by atoms with Crippen molar-refractivity contribution in [3.8, 4) is 5.75 Å². The molecule has 0 bridgehead atoms. The third kappa shape index (κ3) is 5.04. The highest BCUT2D eigenvalue weighted by Crippen LogP contribution is 2.19. The molecule has 1 aromatic carbocycles. The number of hydrogen-bond acceptors (Lipinski definition) is 4. The van der Waals surface area contributed by atoms with Gasteiger partial charge in [-0.25, -0.2) is 4.39 Å². The van der Waals surface area contributed by atoms with Gasteiger partial charge in [-0.15, -0.1) is 0 Å². The fourth-order valence-corrected chi connectivity index (χ4v) is 3.10. The van der Waals surface area contributed by atoms with Crippen LogP contribution in [0.2, 0.25) is 0 Å². The van der Waals surface area contributed by atoms with E-state index in [1.54, 1.807) is 12.1 Å². The highest BCUT2D eigenvalue weighted by atomic mass is 19.1. The smallest absolute Gasteiger partial charge is 0.123 e. The van der Waals surface area contributed by atoms with Crippen LogP contribution < -0.4 is 4.74 Å². The van der Waals surface area contributed by atoms with Crippen molar-refractivity contribution >= 4 is 0 Å². The van der Waals surface area contributed by atoms with Crippen molar-refractivity contribution in [2.75, 3.05) is 26.2 Å². The lowest BCUT2D eigenvalue weighted by Crippen LogP contribution is -2.41. The molecule has 2 aromatic rings. The van der Waals surface area contributed by atoms with Crippen LogP contribution in [0, 0.1) is 11.7 Å². The molecule has 0 aliphatic carbocycles. The van der Waals surface area contributed by atoms with Gasteiger partial charge in [-0.1, -0.05) is 0 Å². The molecule has 2 heterocycles. The molecule has 0 radical (unpaired) electrons. The molecule has 3 rings (SSSR count). The predicted molar refractivity (Wildman–Crippen MR) is 89.3 cm³/mol. The van der Waals surface area contributed by atoms with Gasteiger partial charge in [0, 0.05) is 25.5 Å². The lowest BCUT2D eigenvalue weighted by Gasteiger charge is -2.33. The number of likely N-dealkylation sites (tertiary alicyclic amines) is 1. The molecule has 1 aliphatic heterocycles. The van der Waals surface area contributed by atoms with Gasteiger partial charge in [-0.2, -0.15) is 5.10 Å². The Kier molecular flexibility index (Phi) is 5.82. The van der Waals surface area contributed by atoms with Gasteiger partial charge in [0.25, 0.3) is 0 Å². The molecule has 1 atom stereocenters. The Morgan fingerprint density at radius 1 is 1.25 bits per heavy atom. The van der Waals surface area contributed by atoms with Crippen LogP contribution >= 0.6 is 0 Å². The van der Waals surface area contributed by atoms with Gasteiger partial charge < -0.3 is 14.7 Å². The summed E-state index contributed by atoms with van der Waals surface area (Å²) in [4.78, 5) is 2.28. The van der Waals surface area contributed by atoms with Crippen LogP contribution in [0.25, 0.3) is 0 Å². The van der Waals surface area contributed by atoms with Crippen molar-refractivity contribution in [2.24, 2.45) is 5.92 Å². The van der Waals surface area contributed by atoms with Gasteiger partial charge in [-0.3, -0.25) is 4.68 Å². The summed E-state index contributed by atoms with van der Waals surface area (Å²) in [5, 5.41) is 14.4. The second-order valence-corrected chi connectivity index (χ2v) is 6.39. The molecular weight excluding hydrogens is 309 g/mol. The molecule has 1 fully saturated rings. The Labute approximate surface area is 141 Å². The van der Waals surface area contributed by atoms with Crippen LogP contribution in [0.4, 0.5) is 4.39 Å². The van der Waals surface area contributed by atoms with E-state index in [1.165, 1.54) is 12.1 Å². The minimum absolute atomic E-state index is 0.221. The summed E-state index contributed by atoms with van der Waals surface area (Å²) < 4.78 is 20.3. The highest BCUT2D eigenvalue weighted by molar-refractivity contribution is 5.22. The van der Waals surface area contributed by atoms with Crippen molar-refractivity contribution in [3.63, 3.8) is 0 Å². The second kappa shape index (κ2) is 8.26. The summed E-state index contributed by atoms with van der Waals surface area (Å²) in [6.07, 6.45) is 5.50. The molecule has 5 nitrogen and oxygen atoms in total. The van der Waals surface area contributed by atoms with Crippen LogP contribution in [0.3, 0.4) is 0 Å². The first kappa shape index (κ1) is 16.9. The van der Waals surface area contributed by atoms with E-state index in [9.17, 15) is 9.50 Å². The van der Waals surface area contributed by atoms with Gasteiger partial charge in [-0.05, 0) is 62.2 Å². The van der Waals surface area contributed by atoms with Crippen molar-refractivity contribution in [2.45, 2.75) is 25.5 Å². The van der Waals surface area contributed by atoms with Gasteiger partial charge >= 0.3 is 0 Å². The topological polar surface area (TPSA) is 50.5 Å². The number of β-amino-alcohol motifs (C(OH)–C–C–N with tert-alkyl or cyclic N) is 1. The number of aliphatic hydroxyl groups excluding tert-OH is 1. The number of hydrogen-bond donors (Lipinski definition) is 1. The molecule has 6 heteroatoms. The first-order valence-corrected chi connectivity index (χ1v) is 8.45. The summed E-state index contributed by atoms with van der Waals surface area (Å²) in [5.74, 6) is 0.933. The van der Waals surface area contributed by atoms with Crippen molar-refractivity contribution in [1.82, 2.24) is 14.7 Å². The fourth-order valence-electron chi connectivity index (χ4n) is 3.10. The maximum Gasteiger partial charge on any atom is 0.123 e. The summed E-state index contributed by atoms with van der Waals surface area (Å²) in [5.41, 5.74) is 0. The molecule has 0 spiro atoms. The monoisotopic (exact) mass is 333 g/mol. The van der Waals surface area contributed by atoms with E-state index in [2.05, 4.69) is 10.00 Å². The predicted octanol–water partition coefficient (Wildman–Crippen LogP) is 2.17. The molecule has 1 saturated heterocycles. The minimum atomic E-state index is -0.544. The zero-order valence-electron chi connectivity index (χ0n) is 13.7. The maximum atomic E-state index is 12.8. The number of aliphatic hydroxyl groups is 1. The Hall–Kier alpha value is -1.92. The van der Waals surface area contributed by atoms with Crippen LogP contribution in [-0.2, 0) is 6.54 Å². The maximum absolute atomic E-state index is 12.8. The van der Waals surface area contributed by atoms with Gasteiger partial charge in [0.2, 0.25) is 0 Å². The average Bonchev–Trinajstić information content (AvgIpc) is 3.09. The zero-order chi connectivity index (χ0) is 16.8. The largest absolute Gasteiger partial charge is 0.491 e. The number of nitrogens with zero attached hydrogens (tertiary/aromatic N) is 3. The molecule has 24 heavy (non-hydrogen) atoms. The first-order valence-electron chi connectivity index (χ1n) is 8.45. The average molecular weight is 333 g/mol. The van der Waals surface area contributed by atoms with Crippen LogP contribution in [0.5, 0.6) is 5.75 Å². The summed E-state index contributed by atoms with van der Waals surface area (Å²) in [7, 11) is 0. The second-order valence-electron chi connectivity index (χ2n) is 6.39. The molecule has 1 aliphatic rings. The van der Waals surface area contributed by atoms with Gasteiger partial charge in [0.15, 0.2) is 0 Å². The van der Waals surface area contributed by atoms with Crippen molar-refractivity contribution in [1.29, 1.82) is 0 Å². The van der Waals surface area contributed by atoms with Crippen LogP contribution in [-0.4, -0.2) is 52.1 Å². The van der Waals surface area contributed by atoms with Crippen molar-refractivity contribution in [3.05, 3.63) is 48.5 Å². The molecule has 0 amide bonds. The van der Waals surface area contributed by atoms with E-state index in [1.807, 2.05) is 23.1 Å². The Bertz CT molecular complexity index is 595. The molecule has 1 aromatic heterocycles. The number of ether oxygens (including phenoxy) is 1. The van der Waals surface area contributed by atoms with E-state index in [0.717, 1.165) is 32.5 Å². The molecule has 1 N–H and O–H groups in total. The Morgan fingerprint density at radius 2 is 2.00 bits per heavy atom. The third-order valence-electron chi connectivity index (χ3n) is 4.44. The lowest BCUT2D eigenvalue weighted by molar-refractivity contribution is 0.0533. The van der Waals surface area contributed by atoms with Gasteiger partial charge in [0.1, 0.15) is 24.3 Å². The number of halogens is 1. The van der Waals surface area contributed by atoms with E-state index < -0.39 is 6.10 Å². The van der Waals surface area contributed by atoms with Gasteiger partial charge in [0.05, 0.1) is 0 Å². The normalized spacial score (nSPS) is 17.8. The van der Waals surface area contributed by atoms with Crippen LogP contribution in [0.1, 0.15) is 12.8 Å². The molecule has 130 valence electrons. The number of benzene rings is 1. The summed E-state index contributed by atoms with van der Waals surface area (Å²) >= 11 is 0. The lowest BCUT2D eigenvalue weighted by atomic mass is 9.96. The third-order valence-corrected chi connectivity index (χ3v) is 4.44. The highest BCUT2D eigenvalue weighted by Gasteiger charge is 2.21. The summed E-state index contributed by atoms with van der Waals surface area (Å²) in [6.45, 7) is 3.77. The number of piperidine rings is 1. The standard InChI is InChI=1S/C18H24FN3O2/c19-16-2-4-18(5-3-16)24-14-17(23)13-21-10-6-15(7-11-21)12-22-9-1-8-20-22/h1-5,8-9,15,17,23H,6-7,10-14H2. The van der Waals surface area contributed by atoms with E-state index in [-0.39, 0.29) is 12.4 Å². The zero-order valence-corrected chi connectivity index (χ0v) is 13.7. The number of rotatable bonds is 7. The van der Waals surface area contributed by atoms with E-state index in [4.69, 9.17) is 4.74 Å². The van der Waals surface area contributed by atoms with E-state index in [0.29, 0.717) is 18.2 Å². The quantitative estimate of drug-likeness (QED) is 0.844. The van der Waals surface area contributed by atoms with Crippen LogP contribution in [0.15, 0.2) is 42.7 Å².